The van der Waals surface area contributed by atoms with Gasteiger partial charge in [-0.1, -0.05) is 84.9 Å². The number of fused-ring (bicyclic) bond motifs is 2. The van der Waals surface area contributed by atoms with Gasteiger partial charge in [0.05, 0.1) is 19.5 Å². The average Bonchev–Trinajstić information content (AvgIpc) is 3.65. The topological polar surface area (TPSA) is 98.0 Å². The van der Waals surface area contributed by atoms with E-state index in [1.54, 1.807) is 6.07 Å². The van der Waals surface area contributed by atoms with Gasteiger partial charge in [-0.25, -0.2) is 4.79 Å². The first-order valence-corrected chi connectivity index (χ1v) is 15.9. The Morgan fingerprint density at radius 1 is 0.667 bits per heavy atom. The van der Waals surface area contributed by atoms with Crippen molar-refractivity contribution >= 4 is 46.4 Å². The highest BCUT2D eigenvalue weighted by Gasteiger charge is 2.33. The molecule has 0 fully saturated rings. The quantitative estimate of drug-likeness (QED) is 0.110. The zero-order valence-electron chi connectivity index (χ0n) is 23.8. The van der Waals surface area contributed by atoms with E-state index in [1.807, 2.05) is 36.4 Å². The molecule has 1 N–H and O–H groups in total. The molecule has 3 aromatic carbocycles. The number of nitrogens with zero attached hydrogens (tertiary/aromatic N) is 1. The Labute approximate surface area is 267 Å². The zero-order chi connectivity index (χ0) is 30.8. The van der Waals surface area contributed by atoms with E-state index in [1.165, 1.54) is 28.7 Å². The lowest BCUT2D eigenvalue weighted by Crippen LogP contribution is -2.15. The lowest BCUT2D eigenvalue weighted by atomic mass is 9.95. The molecule has 0 spiro atoms. The third-order valence-electron chi connectivity index (χ3n) is 7.31. The van der Waals surface area contributed by atoms with Crippen LogP contribution in [0.3, 0.4) is 0 Å². The molecule has 45 heavy (non-hydrogen) atoms. The minimum absolute atomic E-state index is 0.323. The van der Waals surface area contributed by atoms with Crippen LogP contribution in [0.25, 0.3) is 37.9 Å². The molecule has 5 aromatic rings. The SMILES string of the molecule is N#C/C(=C/c1sc(-c2sc(-c3ccc(C=C(c4ccccc4)c4ccccc4)cc3)c3c2OCCO3)c2c1OCCO2)C(=O)O. The van der Waals surface area contributed by atoms with Crippen LogP contribution in [0.1, 0.15) is 21.6 Å². The summed E-state index contributed by atoms with van der Waals surface area (Å²) in [5.41, 5.74) is 5.07. The van der Waals surface area contributed by atoms with Crippen LogP contribution in [-0.2, 0) is 4.79 Å². The molecule has 9 heteroatoms. The van der Waals surface area contributed by atoms with Gasteiger partial charge in [-0.3, -0.25) is 0 Å². The van der Waals surface area contributed by atoms with Gasteiger partial charge in [0, 0.05) is 0 Å². The molecular formula is C36H25NO6S2. The van der Waals surface area contributed by atoms with Gasteiger partial charge < -0.3 is 24.1 Å². The van der Waals surface area contributed by atoms with Crippen LogP contribution in [0.2, 0.25) is 0 Å². The normalized spacial score (nSPS) is 13.5. The molecule has 2 aromatic heterocycles. The molecule has 2 aliphatic rings. The van der Waals surface area contributed by atoms with Gasteiger partial charge >= 0.3 is 5.97 Å². The first-order valence-electron chi connectivity index (χ1n) is 14.2. The predicted octanol–water partition coefficient (Wildman–Crippen LogP) is 8.27. The van der Waals surface area contributed by atoms with Crippen molar-refractivity contribution in [2.45, 2.75) is 0 Å². The van der Waals surface area contributed by atoms with Crippen molar-refractivity contribution in [1.29, 1.82) is 5.26 Å². The van der Waals surface area contributed by atoms with Crippen LogP contribution in [0, 0.1) is 11.3 Å². The fourth-order valence-corrected chi connectivity index (χ4v) is 7.70. The smallest absolute Gasteiger partial charge is 0.346 e. The molecule has 222 valence electrons. The van der Waals surface area contributed by atoms with Gasteiger partial charge in [0.1, 0.15) is 38.1 Å². The first-order chi connectivity index (χ1) is 22.1. The largest absolute Gasteiger partial charge is 0.485 e. The number of benzene rings is 3. The van der Waals surface area contributed by atoms with Crippen LogP contribution in [0.5, 0.6) is 23.0 Å². The molecule has 0 aliphatic carbocycles. The van der Waals surface area contributed by atoms with Crippen LogP contribution in [-0.4, -0.2) is 37.5 Å². The number of carboxylic acid groups (broad SMARTS) is 1. The Balaban J connectivity index is 1.29. The molecule has 0 unspecified atom stereocenters. The fourth-order valence-electron chi connectivity index (χ4n) is 5.25. The lowest BCUT2D eigenvalue weighted by Gasteiger charge is -2.18. The van der Waals surface area contributed by atoms with Crippen molar-refractivity contribution in [2.75, 3.05) is 26.4 Å². The summed E-state index contributed by atoms with van der Waals surface area (Å²) >= 11 is 2.82. The molecule has 0 radical (unpaired) electrons. The number of nitriles is 1. The average molecular weight is 632 g/mol. The molecule has 0 saturated carbocycles. The highest BCUT2D eigenvalue weighted by Crippen LogP contribution is 2.59. The van der Waals surface area contributed by atoms with E-state index < -0.39 is 5.97 Å². The van der Waals surface area contributed by atoms with Crippen molar-refractivity contribution in [3.8, 4) is 49.3 Å². The second-order valence-corrected chi connectivity index (χ2v) is 12.2. The van der Waals surface area contributed by atoms with Gasteiger partial charge in [0.2, 0.25) is 0 Å². The van der Waals surface area contributed by atoms with E-state index in [-0.39, 0.29) is 5.57 Å². The minimum atomic E-state index is -1.30. The Morgan fingerprint density at radius 3 is 1.73 bits per heavy atom. The molecule has 0 atom stereocenters. The van der Waals surface area contributed by atoms with Gasteiger partial charge in [0.15, 0.2) is 23.0 Å². The van der Waals surface area contributed by atoms with Crippen molar-refractivity contribution in [1.82, 2.24) is 0 Å². The molecule has 4 heterocycles. The van der Waals surface area contributed by atoms with Gasteiger partial charge in [-0.15, -0.1) is 22.7 Å². The summed E-state index contributed by atoms with van der Waals surface area (Å²) in [7, 11) is 0. The third kappa shape index (κ3) is 5.57. The Bertz CT molecular complexity index is 1940. The summed E-state index contributed by atoms with van der Waals surface area (Å²) < 4.78 is 24.2. The summed E-state index contributed by atoms with van der Waals surface area (Å²) in [6.45, 7) is 1.50. The Kier molecular flexibility index (Phi) is 7.82. The Morgan fingerprint density at radius 2 is 1.18 bits per heavy atom. The summed E-state index contributed by atoms with van der Waals surface area (Å²) in [4.78, 5) is 14.5. The van der Waals surface area contributed by atoms with Crippen molar-refractivity contribution in [3.05, 3.63) is 112 Å². The predicted molar refractivity (Wildman–Crippen MR) is 176 cm³/mol. The minimum Gasteiger partial charge on any atom is -0.485 e. The van der Waals surface area contributed by atoms with E-state index in [4.69, 9.17) is 18.9 Å². The van der Waals surface area contributed by atoms with Crippen molar-refractivity contribution in [3.63, 3.8) is 0 Å². The Hall–Kier alpha value is -5.30. The van der Waals surface area contributed by atoms with Gasteiger partial charge in [0.25, 0.3) is 0 Å². The van der Waals surface area contributed by atoms with Gasteiger partial charge in [-0.05, 0) is 40.0 Å². The molecule has 2 aliphatic heterocycles. The number of hydrogen-bond acceptors (Lipinski definition) is 8. The van der Waals surface area contributed by atoms with Crippen molar-refractivity contribution < 1.29 is 28.8 Å². The summed E-state index contributed by atoms with van der Waals surface area (Å²) in [5, 5.41) is 18.8. The van der Waals surface area contributed by atoms with Crippen LogP contribution < -0.4 is 18.9 Å². The van der Waals surface area contributed by atoms with Crippen molar-refractivity contribution in [2.24, 2.45) is 0 Å². The molecular weight excluding hydrogens is 607 g/mol. The molecule has 7 rings (SSSR count). The first kappa shape index (κ1) is 28.5. The standard InChI is InChI=1S/C36H25NO6S2/c37-21-26(36(38)39)20-28-29-30(41-16-15-40-29)34(44-28)35-32-31(42-17-18-43-32)33(45-35)25-13-11-22(12-14-25)19-27(23-7-3-1-4-8-23)24-9-5-2-6-10-24/h1-14,19-20H,15-18H2,(H,38,39)/b26-20-. The summed E-state index contributed by atoms with van der Waals surface area (Å²) in [6, 6.07) is 30.8. The van der Waals surface area contributed by atoms with Crippen LogP contribution in [0.15, 0.2) is 90.5 Å². The highest BCUT2D eigenvalue weighted by molar-refractivity contribution is 7.25. The van der Waals surface area contributed by atoms with E-state index in [2.05, 4.69) is 54.6 Å². The summed E-state index contributed by atoms with van der Waals surface area (Å²) in [5.74, 6) is 0.925. The number of aliphatic carboxylic acids is 1. The van der Waals surface area contributed by atoms with E-state index in [9.17, 15) is 15.2 Å². The second-order valence-electron chi connectivity index (χ2n) is 10.2. The fraction of sp³-hybridized carbons (Fsp3) is 0.111. The molecule has 0 bridgehead atoms. The number of carbonyl (C=O) groups is 1. The van der Waals surface area contributed by atoms with Crippen LogP contribution in [0.4, 0.5) is 0 Å². The van der Waals surface area contributed by atoms with E-state index in [0.717, 1.165) is 42.5 Å². The third-order valence-corrected chi connectivity index (χ3v) is 9.77. The monoisotopic (exact) mass is 631 g/mol. The molecule has 7 nitrogen and oxygen atoms in total. The van der Waals surface area contributed by atoms with E-state index >= 15 is 0 Å². The van der Waals surface area contributed by atoms with Crippen LogP contribution >= 0.6 is 22.7 Å². The lowest BCUT2D eigenvalue weighted by molar-refractivity contribution is -0.132. The summed E-state index contributed by atoms with van der Waals surface area (Å²) in [6.07, 6.45) is 3.52. The molecule has 0 saturated heterocycles. The number of rotatable bonds is 7. The number of carboxylic acids is 1. The maximum Gasteiger partial charge on any atom is 0.346 e. The number of thiophene rings is 2. The van der Waals surface area contributed by atoms with Gasteiger partial charge in [-0.2, -0.15) is 5.26 Å². The highest BCUT2D eigenvalue weighted by atomic mass is 32.1. The van der Waals surface area contributed by atoms with E-state index in [0.29, 0.717) is 54.3 Å². The maximum absolute atomic E-state index is 11.6. The maximum atomic E-state index is 11.6. The zero-order valence-corrected chi connectivity index (χ0v) is 25.5. The number of hydrogen-bond donors (Lipinski definition) is 1. The second kappa shape index (κ2) is 12.4. The number of ether oxygens (including phenoxy) is 4. The molecule has 0 amide bonds.